The zero-order chi connectivity index (χ0) is 9.68. The molecule has 1 aliphatic heterocycles. The Balaban J connectivity index is 2.46. The summed E-state index contributed by atoms with van der Waals surface area (Å²) in [6, 6.07) is 0. The lowest BCUT2D eigenvalue weighted by Gasteiger charge is -2.13. The Hall–Kier alpha value is -0.610. The number of carboxylic acids is 1. The molecule has 0 amide bonds. The van der Waals surface area contributed by atoms with Crippen molar-refractivity contribution in [2.45, 2.75) is 31.8 Å². The number of rotatable bonds is 1. The highest BCUT2D eigenvalue weighted by Crippen LogP contribution is 2.17. The fraction of sp³-hybridized carbons (Fsp3) is 0.889. The molecular weight excluding hydrogens is 172 g/mol. The Morgan fingerprint density at radius 1 is 1.31 bits per heavy atom. The molecule has 2 atom stereocenters. The van der Waals surface area contributed by atoms with E-state index in [1.165, 1.54) is 0 Å². The third-order valence-corrected chi connectivity index (χ3v) is 2.34. The first kappa shape index (κ1) is 10.5. The van der Waals surface area contributed by atoms with Gasteiger partial charge in [0, 0.05) is 13.2 Å². The Morgan fingerprint density at radius 2 is 2.08 bits per heavy atom. The molecule has 0 aliphatic carbocycles. The Labute approximate surface area is 77.5 Å². The van der Waals surface area contributed by atoms with Crippen LogP contribution < -0.4 is 0 Å². The van der Waals surface area contributed by atoms with Gasteiger partial charge in [0.25, 0.3) is 0 Å². The number of hydrogen-bond donors (Lipinski definition) is 2. The van der Waals surface area contributed by atoms with Gasteiger partial charge in [-0.3, -0.25) is 4.79 Å². The summed E-state index contributed by atoms with van der Waals surface area (Å²) in [4.78, 5) is 10.7. The molecule has 4 nitrogen and oxygen atoms in total. The second kappa shape index (κ2) is 5.19. The molecule has 2 unspecified atom stereocenters. The van der Waals surface area contributed by atoms with Gasteiger partial charge in [-0.1, -0.05) is 0 Å². The predicted octanol–water partition coefficient (Wildman–Crippen LogP) is 0.639. The monoisotopic (exact) mass is 188 g/mol. The van der Waals surface area contributed by atoms with Crippen molar-refractivity contribution < 1.29 is 19.7 Å². The Bertz CT molecular complexity index is 169. The van der Waals surface area contributed by atoms with Crippen LogP contribution in [0.25, 0.3) is 0 Å². The third kappa shape index (κ3) is 3.74. The van der Waals surface area contributed by atoms with Crippen LogP contribution in [-0.4, -0.2) is 35.5 Å². The van der Waals surface area contributed by atoms with Crippen LogP contribution in [0.2, 0.25) is 0 Å². The van der Waals surface area contributed by atoms with Crippen LogP contribution >= 0.6 is 0 Å². The summed E-state index contributed by atoms with van der Waals surface area (Å²) >= 11 is 0. The first-order valence-corrected chi connectivity index (χ1v) is 4.68. The maximum absolute atomic E-state index is 10.7. The highest BCUT2D eigenvalue weighted by atomic mass is 16.5. The number of carbonyl (C=O) groups is 1. The van der Waals surface area contributed by atoms with Crippen molar-refractivity contribution in [3.05, 3.63) is 0 Å². The van der Waals surface area contributed by atoms with Crippen molar-refractivity contribution >= 4 is 5.97 Å². The van der Waals surface area contributed by atoms with E-state index in [0.29, 0.717) is 32.5 Å². The molecular formula is C9H16O4. The van der Waals surface area contributed by atoms with Gasteiger partial charge in [0.2, 0.25) is 0 Å². The topological polar surface area (TPSA) is 66.8 Å². The highest BCUT2D eigenvalue weighted by Gasteiger charge is 2.22. The van der Waals surface area contributed by atoms with E-state index in [4.69, 9.17) is 9.84 Å². The maximum Gasteiger partial charge on any atom is 0.306 e. The van der Waals surface area contributed by atoms with Gasteiger partial charge >= 0.3 is 5.97 Å². The van der Waals surface area contributed by atoms with Crippen LogP contribution in [0.3, 0.4) is 0 Å². The standard InChI is InChI=1S/C9H16O4/c10-8-2-1-4-13-5-3-7(6-8)9(11)12/h7-8,10H,1-6H2,(H,11,12). The predicted molar refractivity (Wildman–Crippen MR) is 46.4 cm³/mol. The molecule has 0 saturated carbocycles. The zero-order valence-electron chi connectivity index (χ0n) is 7.61. The van der Waals surface area contributed by atoms with Gasteiger partial charge < -0.3 is 14.9 Å². The number of aliphatic carboxylic acids is 1. The molecule has 4 heteroatoms. The lowest BCUT2D eigenvalue weighted by atomic mass is 9.97. The number of ether oxygens (including phenoxy) is 1. The minimum absolute atomic E-state index is 0.360. The Kier molecular flexibility index (Phi) is 4.18. The van der Waals surface area contributed by atoms with Gasteiger partial charge in [-0.25, -0.2) is 0 Å². The number of aliphatic hydroxyl groups is 1. The molecule has 0 spiro atoms. The van der Waals surface area contributed by atoms with Crippen molar-refractivity contribution in [3.63, 3.8) is 0 Å². The van der Waals surface area contributed by atoms with Crippen molar-refractivity contribution in [1.82, 2.24) is 0 Å². The average Bonchev–Trinajstić information content (AvgIpc) is 2.16. The van der Waals surface area contributed by atoms with Crippen molar-refractivity contribution in [3.8, 4) is 0 Å². The quantitative estimate of drug-likeness (QED) is 0.633. The fourth-order valence-electron chi connectivity index (χ4n) is 1.54. The summed E-state index contributed by atoms with van der Waals surface area (Å²) in [6.07, 6.45) is 1.84. The van der Waals surface area contributed by atoms with Gasteiger partial charge in [0.1, 0.15) is 0 Å². The molecule has 0 bridgehead atoms. The maximum atomic E-state index is 10.7. The van der Waals surface area contributed by atoms with Gasteiger partial charge in [0.15, 0.2) is 0 Å². The molecule has 1 heterocycles. The van der Waals surface area contributed by atoms with E-state index in [-0.39, 0.29) is 0 Å². The summed E-state index contributed by atoms with van der Waals surface area (Å²) in [6.45, 7) is 1.12. The van der Waals surface area contributed by atoms with Gasteiger partial charge in [-0.15, -0.1) is 0 Å². The molecule has 1 rings (SSSR count). The Morgan fingerprint density at radius 3 is 2.77 bits per heavy atom. The number of aliphatic hydroxyl groups excluding tert-OH is 1. The molecule has 0 aromatic rings. The van der Waals surface area contributed by atoms with Crippen molar-refractivity contribution in [2.75, 3.05) is 13.2 Å². The largest absolute Gasteiger partial charge is 0.481 e. The van der Waals surface area contributed by atoms with Crippen LogP contribution in [0, 0.1) is 5.92 Å². The molecule has 1 fully saturated rings. The zero-order valence-corrected chi connectivity index (χ0v) is 7.61. The van der Waals surface area contributed by atoms with E-state index in [1.807, 2.05) is 0 Å². The molecule has 0 aromatic heterocycles. The van der Waals surface area contributed by atoms with Crippen LogP contribution in [-0.2, 0) is 9.53 Å². The molecule has 1 saturated heterocycles. The minimum Gasteiger partial charge on any atom is -0.481 e. The molecule has 76 valence electrons. The first-order valence-electron chi connectivity index (χ1n) is 4.68. The summed E-state index contributed by atoms with van der Waals surface area (Å²) in [5.41, 5.74) is 0. The molecule has 2 N–H and O–H groups in total. The third-order valence-electron chi connectivity index (χ3n) is 2.34. The minimum atomic E-state index is -0.829. The van der Waals surface area contributed by atoms with Crippen molar-refractivity contribution in [1.29, 1.82) is 0 Å². The normalized spacial score (nSPS) is 31.5. The van der Waals surface area contributed by atoms with E-state index in [1.54, 1.807) is 0 Å². The summed E-state index contributed by atoms with van der Waals surface area (Å²) in [7, 11) is 0. The lowest BCUT2D eigenvalue weighted by Crippen LogP contribution is -2.21. The fourth-order valence-corrected chi connectivity index (χ4v) is 1.54. The van der Waals surface area contributed by atoms with E-state index in [2.05, 4.69) is 0 Å². The molecule has 0 aromatic carbocycles. The van der Waals surface area contributed by atoms with Crippen molar-refractivity contribution in [2.24, 2.45) is 5.92 Å². The molecule has 13 heavy (non-hydrogen) atoms. The molecule has 0 radical (unpaired) electrons. The van der Waals surface area contributed by atoms with E-state index in [0.717, 1.165) is 6.42 Å². The van der Waals surface area contributed by atoms with Crippen LogP contribution in [0.4, 0.5) is 0 Å². The van der Waals surface area contributed by atoms with Crippen LogP contribution in [0.1, 0.15) is 25.7 Å². The van der Waals surface area contributed by atoms with E-state index < -0.39 is 18.0 Å². The van der Waals surface area contributed by atoms with Gasteiger partial charge in [0.05, 0.1) is 12.0 Å². The van der Waals surface area contributed by atoms with Gasteiger partial charge in [-0.2, -0.15) is 0 Å². The summed E-state index contributed by atoms with van der Waals surface area (Å²) in [5.74, 6) is -1.28. The number of hydrogen-bond acceptors (Lipinski definition) is 3. The smallest absolute Gasteiger partial charge is 0.306 e. The molecule has 1 aliphatic rings. The first-order chi connectivity index (χ1) is 6.20. The van der Waals surface area contributed by atoms with Gasteiger partial charge in [-0.05, 0) is 25.7 Å². The summed E-state index contributed by atoms with van der Waals surface area (Å²) < 4.78 is 5.21. The SMILES string of the molecule is O=C(O)C1CCOCCCC(O)C1. The second-order valence-corrected chi connectivity index (χ2v) is 3.47. The lowest BCUT2D eigenvalue weighted by molar-refractivity contribution is -0.143. The highest BCUT2D eigenvalue weighted by molar-refractivity contribution is 5.69. The van der Waals surface area contributed by atoms with Crippen LogP contribution in [0.5, 0.6) is 0 Å². The second-order valence-electron chi connectivity index (χ2n) is 3.47. The van der Waals surface area contributed by atoms with Crippen LogP contribution in [0.15, 0.2) is 0 Å². The summed E-state index contributed by atoms with van der Waals surface area (Å²) in [5, 5.41) is 18.2. The van der Waals surface area contributed by atoms with E-state index >= 15 is 0 Å². The van der Waals surface area contributed by atoms with E-state index in [9.17, 15) is 9.90 Å². The average molecular weight is 188 g/mol. The number of carboxylic acid groups (broad SMARTS) is 1.